The summed E-state index contributed by atoms with van der Waals surface area (Å²) in [5.74, 6) is 0.0177. The second-order valence-corrected chi connectivity index (χ2v) is 5.74. The lowest BCUT2D eigenvalue weighted by Gasteiger charge is -2.07. The quantitative estimate of drug-likeness (QED) is 0.560. The number of carbonyl (C=O) groups is 1. The molecule has 23 heavy (non-hydrogen) atoms. The Bertz CT molecular complexity index is 876. The molecule has 0 fully saturated rings. The van der Waals surface area contributed by atoms with Gasteiger partial charge in [-0.1, -0.05) is 6.07 Å². The molecular formula is C16H15BrN4O2. The number of halogens is 1. The fourth-order valence-corrected chi connectivity index (χ4v) is 2.73. The van der Waals surface area contributed by atoms with E-state index in [4.69, 9.17) is 10.5 Å². The highest BCUT2D eigenvalue weighted by Crippen LogP contribution is 2.21. The van der Waals surface area contributed by atoms with Crippen LogP contribution in [0.5, 0.6) is 0 Å². The molecule has 0 radical (unpaired) electrons. The zero-order valence-corrected chi connectivity index (χ0v) is 14.1. The molecule has 1 aromatic carbocycles. The van der Waals surface area contributed by atoms with Crippen LogP contribution in [0.4, 0.5) is 5.95 Å². The van der Waals surface area contributed by atoms with E-state index >= 15 is 0 Å². The molecule has 2 N–H and O–H groups in total. The van der Waals surface area contributed by atoms with E-state index in [9.17, 15) is 4.79 Å². The van der Waals surface area contributed by atoms with Crippen molar-refractivity contribution in [1.82, 2.24) is 14.5 Å². The first-order chi connectivity index (χ1) is 11.1. The van der Waals surface area contributed by atoms with Crippen molar-refractivity contribution in [3.8, 4) is 0 Å². The molecule has 0 spiro atoms. The average Bonchev–Trinajstić information content (AvgIpc) is 2.83. The molecule has 118 valence electrons. The van der Waals surface area contributed by atoms with Crippen LogP contribution in [0, 0.1) is 0 Å². The van der Waals surface area contributed by atoms with Gasteiger partial charge in [0.25, 0.3) is 0 Å². The minimum atomic E-state index is -0.360. The summed E-state index contributed by atoms with van der Waals surface area (Å²) in [5.41, 5.74) is 8.84. The van der Waals surface area contributed by atoms with Crippen LogP contribution in [0.15, 0.2) is 41.0 Å². The lowest BCUT2D eigenvalue weighted by molar-refractivity contribution is 0.0526. The Morgan fingerprint density at radius 1 is 1.30 bits per heavy atom. The molecule has 3 aromatic rings. The van der Waals surface area contributed by atoms with Crippen molar-refractivity contribution in [2.45, 2.75) is 13.5 Å². The number of anilines is 1. The third-order valence-corrected chi connectivity index (χ3v) is 3.82. The van der Waals surface area contributed by atoms with Gasteiger partial charge in [-0.25, -0.2) is 14.8 Å². The molecule has 7 heteroatoms. The first kappa shape index (κ1) is 15.5. The molecule has 0 aliphatic rings. The van der Waals surface area contributed by atoms with E-state index < -0.39 is 0 Å². The summed E-state index contributed by atoms with van der Waals surface area (Å²) in [4.78, 5) is 20.6. The standard InChI is InChI=1S/C16H15BrN4O2/c1-2-23-15(22)10-6-7-12-13(8-10)21(16(18)20-12)9-11-4-3-5-14(17)19-11/h3-8H,2,9H2,1H3,(H2,18,20). The number of esters is 1. The number of ether oxygens (including phenoxy) is 1. The molecule has 0 aliphatic heterocycles. The molecule has 0 bridgehead atoms. The van der Waals surface area contributed by atoms with Gasteiger partial charge in [0.15, 0.2) is 0 Å². The zero-order chi connectivity index (χ0) is 16.4. The van der Waals surface area contributed by atoms with Gasteiger partial charge in [-0.3, -0.25) is 0 Å². The number of nitrogen functional groups attached to an aromatic ring is 1. The summed E-state index contributed by atoms with van der Waals surface area (Å²) in [5, 5.41) is 0. The van der Waals surface area contributed by atoms with Gasteiger partial charge < -0.3 is 15.0 Å². The lowest BCUT2D eigenvalue weighted by atomic mass is 10.2. The highest BCUT2D eigenvalue weighted by atomic mass is 79.9. The summed E-state index contributed by atoms with van der Waals surface area (Å²) in [7, 11) is 0. The summed E-state index contributed by atoms with van der Waals surface area (Å²) in [6, 6.07) is 10.9. The molecule has 0 saturated carbocycles. The molecule has 0 atom stereocenters. The highest BCUT2D eigenvalue weighted by Gasteiger charge is 2.13. The number of carbonyl (C=O) groups excluding carboxylic acids is 1. The van der Waals surface area contributed by atoms with Crippen LogP contribution in [0.1, 0.15) is 23.0 Å². The number of rotatable bonds is 4. The van der Waals surface area contributed by atoms with Crippen LogP contribution < -0.4 is 5.73 Å². The van der Waals surface area contributed by atoms with E-state index in [-0.39, 0.29) is 5.97 Å². The maximum atomic E-state index is 11.9. The number of aromatic nitrogens is 3. The molecule has 3 rings (SSSR count). The number of imidazole rings is 1. The Labute approximate surface area is 141 Å². The van der Waals surface area contributed by atoms with Crippen LogP contribution in [-0.4, -0.2) is 27.1 Å². The normalized spacial score (nSPS) is 10.9. The molecule has 0 unspecified atom stereocenters. The highest BCUT2D eigenvalue weighted by molar-refractivity contribution is 9.10. The summed E-state index contributed by atoms with van der Waals surface area (Å²) in [6.07, 6.45) is 0. The van der Waals surface area contributed by atoms with Gasteiger partial charge in [0.2, 0.25) is 5.95 Å². The number of nitrogens with two attached hydrogens (primary N) is 1. The number of benzene rings is 1. The van der Waals surface area contributed by atoms with Crippen LogP contribution in [0.2, 0.25) is 0 Å². The SMILES string of the molecule is CCOC(=O)c1ccc2nc(N)n(Cc3cccc(Br)n3)c2c1. The summed E-state index contributed by atoms with van der Waals surface area (Å²) in [6.45, 7) is 2.58. The fraction of sp³-hybridized carbons (Fsp3) is 0.188. The van der Waals surface area contributed by atoms with Crippen molar-refractivity contribution in [3.63, 3.8) is 0 Å². The van der Waals surface area contributed by atoms with E-state index in [1.54, 1.807) is 25.1 Å². The van der Waals surface area contributed by atoms with Crippen molar-refractivity contribution in [1.29, 1.82) is 0 Å². The molecule has 0 aliphatic carbocycles. The van der Waals surface area contributed by atoms with Gasteiger partial charge in [-0.15, -0.1) is 0 Å². The zero-order valence-electron chi connectivity index (χ0n) is 12.5. The van der Waals surface area contributed by atoms with E-state index in [1.165, 1.54) is 0 Å². The van der Waals surface area contributed by atoms with Gasteiger partial charge in [0.05, 0.1) is 35.4 Å². The van der Waals surface area contributed by atoms with E-state index in [0.29, 0.717) is 24.7 Å². The van der Waals surface area contributed by atoms with Crippen molar-refractivity contribution < 1.29 is 9.53 Å². The van der Waals surface area contributed by atoms with Crippen molar-refractivity contribution in [3.05, 3.63) is 52.3 Å². The number of fused-ring (bicyclic) bond motifs is 1. The fourth-order valence-electron chi connectivity index (χ4n) is 2.35. The molecule has 2 aromatic heterocycles. The second-order valence-electron chi connectivity index (χ2n) is 4.93. The second kappa shape index (κ2) is 6.37. The molecular weight excluding hydrogens is 360 g/mol. The summed E-state index contributed by atoms with van der Waals surface area (Å²) >= 11 is 3.35. The molecule has 2 heterocycles. The molecule has 6 nitrogen and oxygen atoms in total. The molecule has 0 amide bonds. The Morgan fingerprint density at radius 2 is 2.13 bits per heavy atom. The maximum Gasteiger partial charge on any atom is 0.338 e. The maximum absolute atomic E-state index is 11.9. The Kier molecular flexibility index (Phi) is 4.29. The first-order valence-corrected chi connectivity index (χ1v) is 7.92. The van der Waals surface area contributed by atoms with Crippen molar-refractivity contribution in [2.24, 2.45) is 0 Å². The van der Waals surface area contributed by atoms with Crippen molar-refractivity contribution >= 4 is 38.9 Å². The Hall–Kier alpha value is -2.41. The van der Waals surface area contributed by atoms with Gasteiger partial charge in [0, 0.05) is 0 Å². The van der Waals surface area contributed by atoms with Gasteiger partial charge in [0.1, 0.15) is 4.60 Å². The largest absolute Gasteiger partial charge is 0.462 e. The summed E-state index contributed by atoms with van der Waals surface area (Å²) < 4.78 is 7.62. The predicted octanol–water partition coefficient (Wildman–Crippen LogP) is 3.00. The monoisotopic (exact) mass is 374 g/mol. The van der Waals surface area contributed by atoms with Gasteiger partial charge in [-0.05, 0) is 53.2 Å². The van der Waals surface area contributed by atoms with Gasteiger partial charge in [-0.2, -0.15) is 0 Å². The van der Waals surface area contributed by atoms with Crippen LogP contribution in [0.3, 0.4) is 0 Å². The van der Waals surface area contributed by atoms with E-state index in [0.717, 1.165) is 21.3 Å². The van der Waals surface area contributed by atoms with E-state index in [1.807, 2.05) is 22.8 Å². The van der Waals surface area contributed by atoms with Crippen LogP contribution >= 0.6 is 15.9 Å². The predicted molar refractivity (Wildman–Crippen MR) is 91.1 cm³/mol. The van der Waals surface area contributed by atoms with Crippen LogP contribution in [-0.2, 0) is 11.3 Å². The average molecular weight is 375 g/mol. The first-order valence-electron chi connectivity index (χ1n) is 7.13. The van der Waals surface area contributed by atoms with E-state index in [2.05, 4.69) is 25.9 Å². The number of pyridine rings is 1. The lowest BCUT2D eigenvalue weighted by Crippen LogP contribution is -2.07. The minimum absolute atomic E-state index is 0.334. The number of hydrogen-bond acceptors (Lipinski definition) is 5. The Morgan fingerprint density at radius 3 is 2.87 bits per heavy atom. The minimum Gasteiger partial charge on any atom is -0.462 e. The third-order valence-electron chi connectivity index (χ3n) is 3.38. The van der Waals surface area contributed by atoms with Gasteiger partial charge >= 0.3 is 5.97 Å². The van der Waals surface area contributed by atoms with Crippen LogP contribution in [0.25, 0.3) is 11.0 Å². The smallest absolute Gasteiger partial charge is 0.338 e. The number of hydrogen-bond donors (Lipinski definition) is 1. The third kappa shape index (κ3) is 3.19. The Balaban J connectivity index is 2.03. The topological polar surface area (TPSA) is 83.0 Å². The van der Waals surface area contributed by atoms with Crippen molar-refractivity contribution in [2.75, 3.05) is 12.3 Å². The number of nitrogens with zero attached hydrogens (tertiary/aromatic N) is 3. The molecule has 0 saturated heterocycles.